The number of carbonyl (C=O) groups excluding carboxylic acids is 2. The van der Waals surface area contributed by atoms with Crippen LogP contribution in [0, 0.1) is 12.7 Å². The predicted octanol–water partition coefficient (Wildman–Crippen LogP) is 4.11. The van der Waals surface area contributed by atoms with Crippen LogP contribution < -0.4 is 16.0 Å². The van der Waals surface area contributed by atoms with Crippen molar-refractivity contribution in [2.24, 2.45) is 0 Å². The first-order chi connectivity index (χ1) is 14.0. The van der Waals surface area contributed by atoms with Crippen LogP contribution in [0.1, 0.15) is 21.5 Å². The fraction of sp³-hybridized carbons (Fsp3) is 0.130. The second kappa shape index (κ2) is 9.50. The molecule has 0 saturated heterocycles. The summed E-state index contributed by atoms with van der Waals surface area (Å²) in [5.41, 5.74) is 3.53. The standard InChI is InChI=1S/C23H22FN3O2/c1-16-9-11-17(12-10-16)14-26-23(29)20-7-2-3-8-21(20)25-15-22(28)27-19-6-4-5-18(24)13-19/h2-13,25H,14-15H2,1H3,(H,26,29)(H,27,28). The molecule has 0 fully saturated rings. The van der Waals surface area contributed by atoms with Crippen LogP contribution in [-0.4, -0.2) is 18.4 Å². The van der Waals surface area contributed by atoms with Crippen LogP contribution >= 0.6 is 0 Å². The summed E-state index contributed by atoms with van der Waals surface area (Å²) in [6.07, 6.45) is 0. The molecule has 0 aliphatic heterocycles. The van der Waals surface area contributed by atoms with E-state index in [0.717, 1.165) is 11.1 Å². The van der Waals surface area contributed by atoms with Gasteiger partial charge in [-0.05, 0) is 42.8 Å². The van der Waals surface area contributed by atoms with E-state index in [1.807, 2.05) is 31.2 Å². The highest BCUT2D eigenvalue weighted by Gasteiger charge is 2.12. The third-order valence-corrected chi connectivity index (χ3v) is 4.29. The minimum Gasteiger partial charge on any atom is -0.376 e. The Balaban J connectivity index is 1.58. The van der Waals surface area contributed by atoms with Crippen LogP contribution in [0.5, 0.6) is 0 Å². The molecule has 148 valence electrons. The molecule has 3 aromatic carbocycles. The van der Waals surface area contributed by atoms with E-state index < -0.39 is 5.82 Å². The molecule has 0 spiro atoms. The second-order valence-electron chi connectivity index (χ2n) is 6.63. The summed E-state index contributed by atoms with van der Waals surface area (Å²) in [5, 5.41) is 8.47. The Morgan fingerprint density at radius 1 is 0.931 bits per heavy atom. The number of rotatable bonds is 7. The van der Waals surface area contributed by atoms with Crippen LogP contribution in [0.2, 0.25) is 0 Å². The molecule has 0 radical (unpaired) electrons. The molecule has 29 heavy (non-hydrogen) atoms. The van der Waals surface area contributed by atoms with Gasteiger partial charge in [0.1, 0.15) is 5.82 Å². The van der Waals surface area contributed by atoms with E-state index in [1.165, 1.54) is 18.2 Å². The minimum absolute atomic E-state index is 0.0568. The molecule has 2 amide bonds. The Labute approximate surface area is 169 Å². The monoisotopic (exact) mass is 391 g/mol. The zero-order valence-electron chi connectivity index (χ0n) is 16.0. The van der Waals surface area contributed by atoms with Crippen molar-refractivity contribution in [1.29, 1.82) is 0 Å². The maximum atomic E-state index is 13.2. The number of hydrogen-bond donors (Lipinski definition) is 3. The van der Waals surface area contributed by atoms with Crippen LogP contribution in [0.4, 0.5) is 15.8 Å². The van der Waals surface area contributed by atoms with E-state index in [4.69, 9.17) is 0 Å². The van der Waals surface area contributed by atoms with Gasteiger partial charge in [-0.2, -0.15) is 0 Å². The van der Waals surface area contributed by atoms with E-state index in [9.17, 15) is 14.0 Å². The normalized spacial score (nSPS) is 10.3. The fourth-order valence-electron chi connectivity index (χ4n) is 2.77. The molecule has 0 bridgehead atoms. The molecule has 0 heterocycles. The van der Waals surface area contributed by atoms with Crippen molar-refractivity contribution in [2.45, 2.75) is 13.5 Å². The highest BCUT2D eigenvalue weighted by atomic mass is 19.1. The van der Waals surface area contributed by atoms with Gasteiger partial charge in [0.25, 0.3) is 5.91 Å². The first kappa shape index (κ1) is 20.1. The highest BCUT2D eigenvalue weighted by molar-refractivity contribution is 6.00. The summed E-state index contributed by atoms with van der Waals surface area (Å²) in [6.45, 7) is 2.36. The largest absolute Gasteiger partial charge is 0.376 e. The van der Waals surface area contributed by atoms with Crippen molar-refractivity contribution in [3.8, 4) is 0 Å². The number of para-hydroxylation sites is 1. The Hall–Kier alpha value is -3.67. The molecule has 3 N–H and O–H groups in total. The topological polar surface area (TPSA) is 70.2 Å². The maximum Gasteiger partial charge on any atom is 0.253 e. The number of halogens is 1. The lowest BCUT2D eigenvalue weighted by Gasteiger charge is -2.12. The number of anilines is 2. The van der Waals surface area contributed by atoms with Crippen LogP contribution in [0.25, 0.3) is 0 Å². The Bertz CT molecular complexity index is 1000. The van der Waals surface area contributed by atoms with Gasteiger partial charge in [0.2, 0.25) is 5.91 Å². The first-order valence-electron chi connectivity index (χ1n) is 9.23. The fourth-order valence-corrected chi connectivity index (χ4v) is 2.77. The van der Waals surface area contributed by atoms with Crippen molar-refractivity contribution < 1.29 is 14.0 Å². The van der Waals surface area contributed by atoms with E-state index in [0.29, 0.717) is 23.5 Å². The Morgan fingerprint density at radius 2 is 1.69 bits per heavy atom. The summed E-state index contributed by atoms with van der Waals surface area (Å²) in [6, 6.07) is 20.6. The average Bonchev–Trinajstić information content (AvgIpc) is 2.72. The number of aryl methyl sites for hydroxylation is 1. The summed E-state index contributed by atoms with van der Waals surface area (Å²) < 4.78 is 13.2. The van der Waals surface area contributed by atoms with Crippen molar-refractivity contribution >= 4 is 23.2 Å². The Morgan fingerprint density at radius 3 is 2.45 bits per heavy atom. The van der Waals surface area contributed by atoms with Crippen molar-refractivity contribution in [2.75, 3.05) is 17.2 Å². The number of carbonyl (C=O) groups is 2. The quantitative estimate of drug-likeness (QED) is 0.568. The molecule has 3 rings (SSSR count). The molecule has 0 saturated carbocycles. The molecule has 0 aliphatic rings. The molecule has 0 aliphatic carbocycles. The number of benzene rings is 3. The molecule has 0 unspecified atom stereocenters. The number of amides is 2. The predicted molar refractivity (Wildman–Crippen MR) is 112 cm³/mol. The van der Waals surface area contributed by atoms with E-state index in [1.54, 1.807) is 30.3 Å². The van der Waals surface area contributed by atoms with Gasteiger partial charge in [-0.25, -0.2) is 4.39 Å². The van der Waals surface area contributed by atoms with Crippen LogP contribution in [0.15, 0.2) is 72.8 Å². The third-order valence-electron chi connectivity index (χ3n) is 4.29. The molecular formula is C23H22FN3O2. The van der Waals surface area contributed by atoms with E-state index >= 15 is 0 Å². The Kier molecular flexibility index (Phi) is 6.58. The molecular weight excluding hydrogens is 369 g/mol. The van der Waals surface area contributed by atoms with Crippen LogP contribution in [0.3, 0.4) is 0 Å². The molecule has 3 aromatic rings. The second-order valence-corrected chi connectivity index (χ2v) is 6.63. The summed E-state index contributed by atoms with van der Waals surface area (Å²) in [4.78, 5) is 24.7. The molecule has 5 nitrogen and oxygen atoms in total. The number of nitrogens with one attached hydrogen (secondary N) is 3. The zero-order valence-corrected chi connectivity index (χ0v) is 16.0. The lowest BCUT2D eigenvalue weighted by Crippen LogP contribution is -2.26. The third kappa shape index (κ3) is 5.90. The molecule has 6 heteroatoms. The summed E-state index contributed by atoms with van der Waals surface area (Å²) in [7, 11) is 0. The number of hydrogen-bond acceptors (Lipinski definition) is 3. The zero-order chi connectivity index (χ0) is 20.6. The average molecular weight is 391 g/mol. The van der Waals surface area contributed by atoms with Gasteiger partial charge in [-0.3, -0.25) is 9.59 Å². The van der Waals surface area contributed by atoms with Crippen LogP contribution in [-0.2, 0) is 11.3 Å². The van der Waals surface area contributed by atoms with E-state index in [2.05, 4.69) is 16.0 Å². The van der Waals surface area contributed by atoms with Gasteiger partial charge in [0, 0.05) is 17.9 Å². The van der Waals surface area contributed by atoms with E-state index in [-0.39, 0.29) is 18.4 Å². The molecule has 0 atom stereocenters. The van der Waals surface area contributed by atoms with Crippen molar-refractivity contribution in [3.05, 3.63) is 95.3 Å². The first-order valence-corrected chi connectivity index (χ1v) is 9.23. The lowest BCUT2D eigenvalue weighted by atomic mass is 10.1. The van der Waals surface area contributed by atoms with Gasteiger partial charge in [-0.1, -0.05) is 48.0 Å². The van der Waals surface area contributed by atoms with Gasteiger partial charge in [0.15, 0.2) is 0 Å². The smallest absolute Gasteiger partial charge is 0.253 e. The van der Waals surface area contributed by atoms with Crippen molar-refractivity contribution in [3.63, 3.8) is 0 Å². The van der Waals surface area contributed by atoms with Gasteiger partial charge >= 0.3 is 0 Å². The highest BCUT2D eigenvalue weighted by Crippen LogP contribution is 2.15. The SMILES string of the molecule is Cc1ccc(CNC(=O)c2ccccc2NCC(=O)Nc2cccc(F)c2)cc1. The summed E-state index contributed by atoms with van der Waals surface area (Å²) in [5.74, 6) is -1.00. The summed E-state index contributed by atoms with van der Waals surface area (Å²) >= 11 is 0. The minimum atomic E-state index is -0.425. The van der Waals surface area contributed by atoms with Gasteiger partial charge < -0.3 is 16.0 Å². The maximum absolute atomic E-state index is 13.2. The van der Waals surface area contributed by atoms with Gasteiger partial charge in [0.05, 0.1) is 12.1 Å². The van der Waals surface area contributed by atoms with Gasteiger partial charge in [-0.15, -0.1) is 0 Å². The lowest BCUT2D eigenvalue weighted by molar-refractivity contribution is -0.114. The molecule has 0 aromatic heterocycles. The van der Waals surface area contributed by atoms with Crippen molar-refractivity contribution in [1.82, 2.24) is 5.32 Å².